The van der Waals surface area contributed by atoms with Crippen LogP contribution < -0.4 is 5.32 Å². The molecule has 0 aliphatic carbocycles. The van der Waals surface area contributed by atoms with E-state index in [-0.39, 0.29) is 12.1 Å². The number of carbonyl (C=O) groups is 1. The molecule has 132 valence electrons. The summed E-state index contributed by atoms with van der Waals surface area (Å²) in [5.74, 6) is 0. The maximum Gasteiger partial charge on any atom is 0.410 e. The fourth-order valence-electron chi connectivity index (χ4n) is 3.07. The second kappa shape index (κ2) is 7.18. The maximum absolute atomic E-state index is 12.2. The summed E-state index contributed by atoms with van der Waals surface area (Å²) in [4.78, 5) is 14.0. The van der Waals surface area contributed by atoms with E-state index in [0.29, 0.717) is 6.54 Å². The zero-order valence-electron chi connectivity index (χ0n) is 15.2. The molecular weight excluding hydrogens is 312 g/mol. The summed E-state index contributed by atoms with van der Waals surface area (Å²) >= 11 is 0. The van der Waals surface area contributed by atoms with E-state index in [1.54, 1.807) is 4.90 Å². The quantitative estimate of drug-likeness (QED) is 0.876. The molecule has 1 aliphatic heterocycles. The number of nitrogens with one attached hydrogen (secondary N) is 1. The third kappa shape index (κ3) is 4.53. The average Bonchev–Trinajstić information content (AvgIpc) is 3.03. The second-order valence-electron chi connectivity index (χ2n) is 7.47. The van der Waals surface area contributed by atoms with Crippen LogP contribution in [-0.4, -0.2) is 35.7 Å². The van der Waals surface area contributed by atoms with Crippen molar-refractivity contribution in [3.05, 3.63) is 54.6 Å². The molecule has 3 rings (SSSR count). The molecule has 1 amide bonds. The van der Waals surface area contributed by atoms with E-state index >= 15 is 0 Å². The molecule has 4 heteroatoms. The number of nitrogens with zero attached hydrogens (tertiary/aromatic N) is 1. The maximum atomic E-state index is 12.2. The number of benzene rings is 2. The van der Waals surface area contributed by atoms with Gasteiger partial charge in [0.05, 0.1) is 0 Å². The standard InChI is InChI=1S/C21H26N2O2/c1-21(2,3)25-20(24)23-14-13-17(15-23)22-19-12-8-7-11-18(19)16-9-5-4-6-10-16/h4-12,17,22H,13-15H2,1-3H3/t17-/m1/s1. The Labute approximate surface area is 149 Å². The van der Waals surface area contributed by atoms with Gasteiger partial charge >= 0.3 is 6.09 Å². The first-order valence-corrected chi connectivity index (χ1v) is 8.81. The molecule has 25 heavy (non-hydrogen) atoms. The predicted octanol–water partition coefficient (Wildman–Crippen LogP) is 4.77. The topological polar surface area (TPSA) is 41.6 Å². The minimum Gasteiger partial charge on any atom is -0.444 e. The van der Waals surface area contributed by atoms with Crippen LogP contribution in [0.5, 0.6) is 0 Å². The molecule has 0 spiro atoms. The highest BCUT2D eigenvalue weighted by Crippen LogP contribution is 2.29. The smallest absolute Gasteiger partial charge is 0.410 e. The molecule has 0 bridgehead atoms. The van der Waals surface area contributed by atoms with E-state index in [0.717, 1.165) is 18.7 Å². The van der Waals surface area contributed by atoms with Gasteiger partial charge in [-0.05, 0) is 38.8 Å². The van der Waals surface area contributed by atoms with Gasteiger partial charge in [-0.25, -0.2) is 4.79 Å². The van der Waals surface area contributed by atoms with Gasteiger partial charge in [0.15, 0.2) is 0 Å². The van der Waals surface area contributed by atoms with Gasteiger partial charge in [-0.2, -0.15) is 0 Å². The summed E-state index contributed by atoms with van der Waals surface area (Å²) in [5, 5.41) is 3.61. The number of amides is 1. The number of rotatable bonds is 3. The lowest BCUT2D eigenvalue weighted by Crippen LogP contribution is -2.36. The Morgan fingerprint density at radius 3 is 2.48 bits per heavy atom. The number of carbonyl (C=O) groups excluding carboxylic acids is 1. The van der Waals surface area contributed by atoms with E-state index in [2.05, 4.69) is 35.6 Å². The lowest BCUT2D eigenvalue weighted by atomic mass is 10.0. The van der Waals surface area contributed by atoms with Crippen molar-refractivity contribution < 1.29 is 9.53 Å². The Hall–Kier alpha value is -2.49. The molecule has 0 radical (unpaired) electrons. The van der Waals surface area contributed by atoms with Gasteiger partial charge in [0, 0.05) is 30.4 Å². The van der Waals surface area contributed by atoms with Crippen LogP contribution >= 0.6 is 0 Å². The summed E-state index contributed by atoms with van der Waals surface area (Å²) in [5.41, 5.74) is 3.01. The molecule has 0 saturated carbocycles. The van der Waals surface area contributed by atoms with Crippen LogP contribution in [0, 0.1) is 0 Å². The summed E-state index contributed by atoms with van der Waals surface area (Å²) in [6.07, 6.45) is 0.690. The Morgan fingerprint density at radius 2 is 1.76 bits per heavy atom. The Morgan fingerprint density at radius 1 is 1.08 bits per heavy atom. The van der Waals surface area contributed by atoms with E-state index in [4.69, 9.17) is 4.74 Å². The van der Waals surface area contributed by atoms with Gasteiger partial charge in [0.2, 0.25) is 0 Å². The van der Waals surface area contributed by atoms with Crippen LogP contribution in [0.3, 0.4) is 0 Å². The Kier molecular flexibility index (Phi) is 4.98. The first-order chi connectivity index (χ1) is 11.9. The molecule has 0 unspecified atom stereocenters. The number of anilines is 1. The fraction of sp³-hybridized carbons (Fsp3) is 0.381. The third-order valence-corrected chi connectivity index (χ3v) is 4.21. The summed E-state index contributed by atoms with van der Waals surface area (Å²) in [7, 11) is 0. The SMILES string of the molecule is CC(C)(C)OC(=O)N1CC[C@@H](Nc2ccccc2-c2ccccc2)C1. The lowest BCUT2D eigenvalue weighted by Gasteiger charge is -2.24. The van der Waals surface area contributed by atoms with Gasteiger partial charge < -0.3 is 15.0 Å². The molecule has 1 fully saturated rings. The Bertz CT molecular complexity index is 722. The highest BCUT2D eigenvalue weighted by molar-refractivity contribution is 5.78. The lowest BCUT2D eigenvalue weighted by molar-refractivity contribution is 0.0293. The van der Waals surface area contributed by atoms with Crippen LogP contribution in [0.4, 0.5) is 10.5 Å². The Balaban J connectivity index is 1.68. The van der Waals surface area contributed by atoms with Gasteiger partial charge in [-0.1, -0.05) is 48.5 Å². The van der Waals surface area contributed by atoms with Crippen molar-refractivity contribution in [2.75, 3.05) is 18.4 Å². The first-order valence-electron chi connectivity index (χ1n) is 8.81. The van der Waals surface area contributed by atoms with E-state index in [9.17, 15) is 4.79 Å². The molecule has 1 aliphatic rings. The van der Waals surface area contributed by atoms with Crippen molar-refractivity contribution in [1.82, 2.24) is 4.90 Å². The van der Waals surface area contributed by atoms with Crippen LogP contribution in [-0.2, 0) is 4.74 Å². The van der Waals surface area contributed by atoms with Crippen molar-refractivity contribution in [3.63, 3.8) is 0 Å². The van der Waals surface area contributed by atoms with Crippen LogP contribution in [0.15, 0.2) is 54.6 Å². The highest BCUT2D eigenvalue weighted by atomic mass is 16.6. The van der Waals surface area contributed by atoms with Crippen molar-refractivity contribution >= 4 is 11.8 Å². The monoisotopic (exact) mass is 338 g/mol. The van der Waals surface area contributed by atoms with Crippen LogP contribution in [0.25, 0.3) is 11.1 Å². The molecule has 1 heterocycles. The van der Waals surface area contributed by atoms with Crippen LogP contribution in [0.2, 0.25) is 0 Å². The van der Waals surface area contributed by atoms with Gasteiger partial charge in [-0.15, -0.1) is 0 Å². The molecule has 1 N–H and O–H groups in total. The van der Waals surface area contributed by atoms with Gasteiger partial charge in [0.25, 0.3) is 0 Å². The molecule has 1 atom stereocenters. The number of likely N-dealkylation sites (tertiary alicyclic amines) is 1. The minimum absolute atomic E-state index is 0.229. The van der Waals surface area contributed by atoms with E-state index < -0.39 is 5.60 Å². The van der Waals surface area contributed by atoms with Crippen LogP contribution in [0.1, 0.15) is 27.2 Å². The molecule has 2 aromatic rings. The normalized spacial score (nSPS) is 17.4. The number of para-hydroxylation sites is 1. The van der Waals surface area contributed by atoms with E-state index in [1.165, 1.54) is 11.1 Å². The zero-order chi connectivity index (χ0) is 17.9. The largest absolute Gasteiger partial charge is 0.444 e. The van der Waals surface area contributed by atoms with Gasteiger partial charge in [0.1, 0.15) is 5.60 Å². The number of ether oxygens (including phenoxy) is 1. The predicted molar refractivity (Wildman–Crippen MR) is 102 cm³/mol. The van der Waals surface area contributed by atoms with Crippen molar-refractivity contribution in [2.24, 2.45) is 0 Å². The average molecular weight is 338 g/mol. The highest BCUT2D eigenvalue weighted by Gasteiger charge is 2.29. The van der Waals surface area contributed by atoms with Crippen molar-refractivity contribution in [2.45, 2.75) is 38.8 Å². The van der Waals surface area contributed by atoms with E-state index in [1.807, 2.05) is 45.0 Å². The number of hydrogen-bond donors (Lipinski definition) is 1. The third-order valence-electron chi connectivity index (χ3n) is 4.21. The summed E-state index contributed by atoms with van der Waals surface area (Å²) in [6.45, 7) is 7.07. The molecule has 0 aromatic heterocycles. The second-order valence-corrected chi connectivity index (χ2v) is 7.47. The summed E-state index contributed by atoms with van der Waals surface area (Å²) in [6, 6.07) is 18.9. The first kappa shape index (κ1) is 17.3. The molecule has 1 saturated heterocycles. The zero-order valence-corrected chi connectivity index (χ0v) is 15.2. The van der Waals surface area contributed by atoms with Gasteiger partial charge in [-0.3, -0.25) is 0 Å². The number of hydrogen-bond acceptors (Lipinski definition) is 3. The van der Waals surface area contributed by atoms with Crippen molar-refractivity contribution in [3.8, 4) is 11.1 Å². The minimum atomic E-state index is -0.456. The summed E-state index contributed by atoms with van der Waals surface area (Å²) < 4.78 is 5.47. The molecule has 2 aromatic carbocycles. The molecule has 4 nitrogen and oxygen atoms in total. The van der Waals surface area contributed by atoms with Crippen molar-refractivity contribution in [1.29, 1.82) is 0 Å². The molecular formula is C21H26N2O2. The fourth-order valence-corrected chi connectivity index (χ4v) is 3.07.